The fourth-order valence-corrected chi connectivity index (χ4v) is 3.04. The number of carbonyl (C=O) groups excluding carboxylic acids is 1. The van der Waals surface area contributed by atoms with Gasteiger partial charge in [-0.3, -0.25) is 9.69 Å². The minimum atomic E-state index is 0.0358. The van der Waals surface area contributed by atoms with Crippen LogP contribution in [0.5, 0.6) is 0 Å². The van der Waals surface area contributed by atoms with Crippen LogP contribution in [0.15, 0.2) is 17.5 Å². The minimum absolute atomic E-state index is 0.0358. The van der Waals surface area contributed by atoms with Crippen LogP contribution < -0.4 is 5.32 Å². The third-order valence-corrected chi connectivity index (χ3v) is 4.33. The summed E-state index contributed by atoms with van der Waals surface area (Å²) in [5.41, 5.74) is 0. The van der Waals surface area contributed by atoms with E-state index in [-0.39, 0.29) is 17.9 Å². The zero-order valence-electron chi connectivity index (χ0n) is 11.6. The van der Waals surface area contributed by atoms with Crippen molar-refractivity contribution in [3.63, 3.8) is 0 Å². The maximum atomic E-state index is 11.7. The molecule has 0 aromatic carbocycles. The largest absolute Gasteiger partial charge is 0.379 e. The molecule has 4 nitrogen and oxygen atoms in total. The molecule has 1 fully saturated rings. The molecule has 0 radical (unpaired) electrons. The molecular weight excluding hydrogens is 260 g/mol. The maximum Gasteiger partial charge on any atom is 0.222 e. The Kier molecular flexibility index (Phi) is 5.36. The van der Waals surface area contributed by atoms with E-state index in [1.54, 1.807) is 11.3 Å². The van der Waals surface area contributed by atoms with Gasteiger partial charge in [-0.15, -0.1) is 11.3 Å². The zero-order valence-corrected chi connectivity index (χ0v) is 12.4. The summed E-state index contributed by atoms with van der Waals surface area (Å²) < 4.78 is 5.41. The Labute approximate surface area is 118 Å². The number of hydrogen-bond donors (Lipinski definition) is 1. The van der Waals surface area contributed by atoms with Crippen LogP contribution in [0, 0.1) is 5.92 Å². The average molecular weight is 282 g/mol. The van der Waals surface area contributed by atoms with Crippen molar-refractivity contribution < 1.29 is 9.53 Å². The van der Waals surface area contributed by atoms with E-state index in [0.29, 0.717) is 6.54 Å². The summed E-state index contributed by atoms with van der Waals surface area (Å²) in [6.45, 7) is 7.94. The smallest absolute Gasteiger partial charge is 0.222 e. The summed E-state index contributed by atoms with van der Waals surface area (Å²) in [4.78, 5) is 15.5. The van der Waals surface area contributed by atoms with Crippen LogP contribution in [0.25, 0.3) is 0 Å². The molecule has 1 N–H and O–H groups in total. The summed E-state index contributed by atoms with van der Waals surface area (Å²) in [7, 11) is 0. The quantitative estimate of drug-likeness (QED) is 0.897. The molecule has 1 aliphatic heterocycles. The molecule has 1 atom stereocenters. The van der Waals surface area contributed by atoms with Gasteiger partial charge in [0.1, 0.15) is 0 Å². The van der Waals surface area contributed by atoms with Crippen molar-refractivity contribution in [1.29, 1.82) is 0 Å². The lowest BCUT2D eigenvalue weighted by Gasteiger charge is -2.34. The van der Waals surface area contributed by atoms with Crippen LogP contribution in [0.2, 0.25) is 0 Å². The normalized spacial score (nSPS) is 18.5. The van der Waals surface area contributed by atoms with Crippen LogP contribution in [-0.4, -0.2) is 43.7 Å². The summed E-state index contributed by atoms with van der Waals surface area (Å²) in [6.07, 6.45) is 0. The van der Waals surface area contributed by atoms with Crippen LogP contribution in [0.3, 0.4) is 0 Å². The van der Waals surface area contributed by atoms with Gasteiger partial charge < -0.3 is 10.1 Å². The number of thiophene rings is 1. The van der Waals surface area contributed by atoms with Gasteiger partial charge >= 0.3 is 0 Å². The number of morpholine rings is 1. The number of carbonyl (C=O) groups is 1. The lowest BCUT2D eigenvalue weighted by Crippen LogP contribution is -2.44. The lowest BCUT2D eigenvalue weighted by atomic mass is 10.1. The van der Waals surface area contributed by atoms with E-state index in [2.05, 4.69) is 27.7 Å². The maximum absolute atomic E-state index is 11.7. The molecule has 2 rings (SSSR count). The Balaban J connectivity index is 2.00. The molecule has 0 aliphatic carbocycles. The van der Waals surface area contributed by atoms with Crippen molar-refractivity contribution in [2.75, 3.05) is 32.8 Å². The van der Waals surface area contributed by atoms with E-state index in [9.17, 15) is 4.79 Å². The molecule has 2 heterocycles. The molecule has 1 aromatic rings. The van der Waals surface area contributed by atoms with Gasteiger partial charge in [0.15, 0.2) is 0 Å². The van der Waals surface area contributed by atoms with E-state index in [4.69, 9.17) is 4.74 Å². The molecule has 1 unspecified atom stereocenters. The van der Waals surface area contributed by atoms with Gasteiger partial charge in [0.05, 0.1) is 19.3 Å². The van der Waals surface area contributed by atoms with E-state index >= 15 is 0 Å². The van der Waals surface area contributed by atoms with E-state index in [1.165, 1.54) is 4.88 Å². The van der Waals surface area contributed by atoms with Crippen molar-refractivity contribution in [3.8, 4) is 0 Å². The number of hydrogen-bond acceptors (Lipinski definition) is 4. The lowest BCUT2D eigenvalue weighted by molar-refractivity contribution is -0.124. The molecule has 106 valence electrons. The molecule has 19 heavy (non-hydrogen) atoms. The first-order valence-electron chi connectivity index (χ1n) is 6.81. The SMILES string of the molecule is CC(C)C(=O)NCC(c1cccs1)N1CCOCC1. The van der Waals surface area contributed by atoms with Gasteiger partial charge in [0.2, 0.25) is 5.91 Å². The van der Waals surface area contributed by atoms with Crippen molar-refractivity contribution in [2.45, 2.75) is 19.9 Å². The van der Waals surface area contributed by atoms with E-state index in [0.717, 1.165) is 26.3 Å². The summed E-state index contributed by atoms with van der Waals surface area (Å²) in [5, 5.41) is 5.14. The predicted octanol–water partition coefficient (Wildman–Crippen LogP) is 1.89. The first-order chi connectivity index (χ1) is 9.18. The molecule has 5 heteroatoms. The topological polar surface area (TPSA) is 41.6 Å². The number of nitrogens with one attached hydrogen (secondary N) is 1. The van der Waals surface area contributed by atoms with Crippen LogP contribution in [-0.2, 0) is 9.53 Å². The molecule has 1 saturated heterocycles. The monoisotopic (exact) mass is 282 g/mol. The molecule has 0 spiro atoms. The number of ether oxygens (including phenoxy) is 1. The molecule has 1 amide bonds. The van der Waals surface area contributed by atoms with Gasteiger partial charge in [-0.1, -0.05) is 19.9 Å². The highest BCUT2D eigenvalue weighted by molar-refractivity contribution is 7.10. The third-order valence-electron chi connectivity index (χ3n) is 3.35. The van der Waals surface area contributed by atoms with Crippen LogP contribution in [0.1, 0.15) is 24.8 Å². The van der Waals surface area contributed by atoms with Gasteiger partial charge in [0.25, 0.3) is 0 Å². The fourth-order valence-electron chi connectivity index (χ4n) is 2.18. The molecule has 1 aromatic heterocycles. The van der Waals surface area contributed by atoms with E-state index < -0.39 is 0 Å². The Bertz CT molecular complexity index is 386. The third kappa shape index (κ3) is 4.03. The second kappa shape index (κ2) is 7.03. The van der Waals surface area contributed by atoms with Crippen molar-refractivity contribution >= 4 is 17.2 Å². The number of amides is 1. The highest BCUT2D eigenvalue weighted by Gasteiger charge is 2.24. The van der Waals surface area contributed by atoms with Crippen LogP contribution >= 0.6 is 11.3 Å². The standard InChI is InChI=1S/C14H22N2O2S/c1-11(2)14(17)15-10-12(13-4-3-9-19-13)16-5-7-18-8-6-16/h3-4,9,11-12H,5-8,10H2,1-2H3,(H,15,17). The van der Waals surface area contributed by atoms with Crippen LogP contribution in [0.4, 0.5) is 0 Å². The Morgan fingerprint density at radius 1 is 1.47 bits per heavy atom. The second-order valence-corrected chi connectivity index (χ2v) is 6.06. The highest BCUT2D eigenvalue weighted by atomic mass is 32.1. The summed E-state index contributed by atoms with van der Waals surface area (Å²) in [5.74, 6) is 0.156. The number of nitrogens with zero attached hydrogens (tertiary/aromatic N) is 1. The molecule has 1 aliphatic rings. The van der Waals surface area contributed by atoms with Crippen molar-refractivity contribution in [1.82, 2.24) is 10.2 Å². The van der Waals surface area contributed by atoms with Crippen molar-refractivity contribution in [2.24, 2.45) is 5.92 Å². The zero-order chi connectivity index (χ0) is 13.7. The number of rotatable bonds is 5. The summed E-state index contributed by atoms with van der Waals surface area (Å²) >= 11 is 1.75. The molecule has 0 saturated carbocycles. The minimum Gasteiger partial charge on any atom is -0.379 e. The molecular formula is C14H22N2O2S. The second-order valence-electron chi connectivity index (χ2n) is 5.08. The Hall–Kier alpha value is -0.910. The Morgan fingerprint density at radius 3 is 2.79 bits per heavy atom. The van der Waals surface area contributed by atoms with Gasteiger partial charge in [-0.2, -0.15) is 0 Å². The average Bonchev–Trinajstić information content (AvgIpc) is 2.94. The van der Waals surface area contributed by atoms with Gasteiger partial charge in [-0.25, -0.2) is 0 Å². The van der Waals surface area contributed by atoms with Gasteiger partial charge in [-0.05, 0) is 11.4 Å². The van der Waals surface area contributed by atoms with E-state index in [1.807, 2.05) is 13.8 Å². The highest BCUT2D eigenvalue weighted by Crippen LogP contribution is 2.25. The Morgan fingerprint density at radius 2 is 2.21 bits per heavy atom. The first kappa shape index (κ1) is 14.5. The first-order valence-corrected chi connectivity index (χ1v) is 7.69. The summed E-state index contributed by atoms with van der Waals surface area (Å²) in [6, 6.07) is 4.48. The fraction of sp³-hybridized carbons (Fsp3) is 0.643. The molecule has 0 bridgehead atoms. The van der Waals surface area contributed by atoms with Gasteiger partial charge in [0, 0.05) is 30.4 Å². The predicted molar refractivity (Wildman–Crippen MR) is 77.3 cm³/mol. The van der Waals surface area contributed by atoms with Crippen molar-refractivity contribution in [3.05, 3.63) is 22.4 Å².